The molecule has 10 heteroatoms. The molecule has 8 nitrogen and oxygen atoms in total. The summed E-state index contributed by atoms with van der Waals surface area (Å²) >= 11 is 6.94. The molecule has 28 heavy (non-hydrogen) atoms. The van der Waals surface area contributed by atoms with E-state index in [0.717, 1.165) is 33.9 Å². The van der Waals surface area contributed by atoms with Crippen LogP contribution in [0.3, 0.4) is 0 Å². The Balaban J connectivity index is 1.89. The van der Waals surface area contributed by atoms with Crippen LogP contribution in [0.1, 0.15) is 18.4 Å². The van der Waals surface area contributed by atoms with Crippen molar-refractivity contribution in [1.82, 2.24) is 14.9 Å². The van der Waals surface area contributed by atoms with Crippen molar-refractivity contribution in [2.75, 3.05) is 19.7 Å². The first-order chi connectivity index (χ1) is 13.5. The Hall–Kier alpha value is -1.91. The number of hydrogen-bond donors (Lipinski definition) is 3. The average Bonchev–Trinajstić information content (AvgIpc) is 3.19. The molecule has 1 aromatic heterocycles. The van der Waals surface area contributed by atoms with E-state index in [2.05, 4.69) is 47.3 Å². The third kappa shape index (κ3) is 6.92. The normalized spacial score (nSPS) is 11.5. The molecule has 0 unspecified atom stereocenters. The first-order valence-electron chi connectivity index (χ1n) is 8.80. The highest BCUT2D eigenvalue weighted by Crippen LogP contribution is 2.35. The van der Waals surface area contributed by atoms with Gasteiger partial charge in [0, 0.05) is 31.9 Å². The summed E-state index contributed by atoms with van der Waals surface area (Å²) in [5, 5.41) is 15.2. The molecule has 4 N–H and O–H groups in total. The van der Waals surface area contributed by atoms with E-state index in [9.17, 15) is 10.0 Å². The minimum atomic E-state index is -0.399. The van der Waals surface area contributed by atoms with Gasteiger partial charge in [-0.3, -0.25) is 4.79 Å². The van der Waals surface area contributed by atoms with Gasteiger partial charge in [0.2, 0.25) is 0 Å². The second-order valence-electron chi connectivity index (χ2n) is 6.01. The maximum absolute atomic E-state index is 12.3. The lowest BCUT2D eigenvalue weighted by Crippen LogP contribution is -2.33. The van der Waals surface area contributed by atoms with Crippen molar-refractivity contribution in [3.8, 4) is 5.75 Å². The molecule has 152 valence electrons. The summed E-state index contributed by atoms with van der Waals surface area (Å²) in [5.74, 6) is 0.271. The number of amides is 1. The lowest BCUT2D eigenvalue weighted by atomic mass is 10.1. The zero-order valence-electron chi connectivity index (χ0n) is 15.3. The summed E-state index contributed by atoms with van der Waals surface area (Å²) < 4.78 is 9.11. The van der Waals surface area contributed by atoms with E-state index in [4.69, 9.17) is 10.5 Å². The molecule has 2 rings (SSSR count). The molecule has 0 saturated carbocycles. The van der Waals surface area contributed by atoms with Gasteiger partial charge in [-0.1, -0.05) is 5.16 Å². The fourth-order valence-electron chi connectivity index (χ4n) is 2.45. The van der Waals surface area contributed by atoms with Crippen LogP contribution in [-0.2, 0) is 17.8 Å². The topological polar surface area (TPSA) is 115 Å². The van der Waals surface area contributed by atoms with Crippen LogP contribution in [0.5, 0.6) is 5.75 Å². The summed E-state index contributed by atoms with van der Waals surface area (Å²) in [7, 11) is 0. The van der Waals surface area contributed by atoms with Gasteiger partial charge >= 0.3 is 0 Å². The maximum Gasteiger partial charge on any atom is 0.269 e. The maximum atomic E-state index is 12.3. The van der Waals surface area contributed by atoms with E-state index >= 15 is 0 Å². The lowest BCUT2D eigenvalue weighted by molar-refractivity contribution is -0.115. The molecular weight excluding hydrogens is 494 g/mol. The molecule has 0 aliphatic rings. The molecule has 0 fully saturated rings. The molecule has 0 radical (unpaired) electrons. The Labute approximate surface area is 180 Å². The zero-order chi connectivity index (χ0) is 20.4. The standard InChI is InChI=1S/C18H23Br2N5O3/c19-14-9-13(10-15(20)17(14)28-8-1-3-21)11-16(24-27)18(26)23-4-2-6-25-7-5-22-12-25/h5,7,9-10,12,27H,1-4,6,8,11,21H2,(H,23,26). The zero-order valence-corrected chi connectivity index (χ0v) is 18.4. The minimum absolute atomic E-state index is 0.0400. The summed E-state index contributed by atoms with van der Waals surface area (Å²) in [6.45, 7) is 2.29. The van der Waals surface area contributed by atoms with E-state index < -0.39 is 5.91 Å². The van der Waals surface area contributed by atoms with E-state index in [1.54, 1.807) is 12.5 Å². The number of halogens is 2. The van der Waals surface area contributed by atoms with Crippen LogP contribution in [0.2, 0.25) is 0 Å². The Bertz CT molecular complexity index is 774. The summed E-state index contributed by atoms with van der Waals surface area (Å²) in [4.78, 5) is 16.2. The fourth-order valence-corrected chi connectivity index (χ4v) is 3.96. The van der Waals surface area contributed by atoms with Gasteiger partial charge < -0.3 is 25.6 Å². The molecule has 0 spiro atoms. The van der Waals surface area contributed by atoms with Gasteiger partial charge in [0.15, 0.2) is 0 Å². The third-order valence-electron chi connectivity index (χ3n) is 3.85. The molecule has 1 amide bonds. The van der Waals surface area contributed by atoms with Crippen LogP contribution >= 0.6 is 31.9 Å². The Morgan fingerprint density at radius 2 is 2.07 bits per heavy atom. The Kier molecular flexibility index (Phi) is 9.45. The largest absolute Gasteiger partial charge is 0.491 e. The molecule has 1 heterocycles. The average molecular weight is 517 g/mol. The van der Waals surface area contributed by atoms with Crippen molar-refractivity contribution in [2.24, 2.45) is 10.9 Å². The number of aryl methyl sites for hydroxylation is 1. The van der Waals surface area contributed by atoms with Crippen LogP contribution in [0.4, 0.5) is 0 Å². The number of nitrogens with two attached hydrogens (primary N) is 1. The number of rotatable bonds is 11. The van der Waals surface area contributed by atoms with Gasteiger partial charge in [0.25, 0.3) is 5.91 Å². The predicted molar refractivity (Wildman–Crippen MR) is 114 cm³/mol. The van der Waals surface area contributed by atoms with Crippen LogP contribution < -0.4 is 15.8 Å². The van der Waals surface area contributed by atoms with Crippen LogP contribution in [-0.4, -0.2) is 46.1 Å². The van der Waals surface area contributed by atoms with Crippen molar-refractivity contribution in [1.29, 1.82) is 0 Å². The number of ether oxygens (including phenoxy) is 1. The van der Waals surface area contributed by atoms with E-state index in [0.29, 0.717) is 25.4 Å². The number of benzene rings is 1. The van der Waals surface area contributed by atoms with Crippen molar-refractivity contribution < 1.29 is 14.7 Å². The highest BCUT2D eigenvalue weighted by molar-refractivity contribution is 9.11. The molecule has 0 aliphatic heterocycles. The number of hydrogen-bond acceptors (Lipinski definition) is 6. The molecule has 0 aliphatic carbocycles. The Morgan fingerprint density at radius 1 is 1.32 bits per heavy atom. The second kappa shape index (κ2) is 11.8. The van der Waals surface area contributed by atoms with Gasteiger partial charge in [0.05, 0.1) is 21.9 Å². The van der Waals surface area contributed by atoms with Gasteiger partial charge in [0.1, 0.15) is 11.5 Å². The molecule has 2 aromatic rings. The van der Waals surface area contributed by atoms with Crippen molar-refractivity contribution in [3.63, 3.8) is 0 Å². The van der Waals surface area contributed by atoms with Crippen LogP contribution in [0, 0.1) is 0 Å². The van der Waals surface area contributed by atoms with E-state index in [1.165, 1.54) is 0 Å². The van der Waals surface area contributed by atoms with Crippen LogP contribution in [0.15, 0.2) is 45.0 Å². The smallest absolute Gasteiger partial charge is 0.269 e. The summed E-state index contributed by atoms with van der Waals surface area (Å²) in [6.07, 6.45) is 6.98. The first-order valence-corrected chi connectivity index (χ1v) is 10.4. The Morgan fingerprint density at radius 3 is 2.68 bits per heavy atom. The van der Waals surface area contributed by atoms with Gasteiger partial charge in [-0.2, -0.15) is 0 Å². The van der Waals surface area contributed by atoms with E-state index in [-0.39, 0.29) is 12.1 Å². The van der Waals surface area contributed by atoms with E-state index in [1.807, 2.05) is 22.9 Å². The fraction of sp³-hybridized carbons (Fsp3) is 0.389. The molecule has 1 aromatic carbocycles. The number of carbonyl (C=O) groups is 1. The molecular formula is C18H23Br2N5O3. The molecule has 0 atom stereocenters. The minimum Gasteiger partial charge on any atom is -0.491 e. The van der Waals surface area contributed by atoms with Gasteiger partial charge in [-0.15, -0.1) is 0 Å². The second-order valence-corrected chi connectivity index (χ2v) is 7.72. The van der Waals surface area contributed by atoms with Crippen molar-refractivity contribution in [2.45, 2.75) is 25.8 Å². The first kappa shape index (κ1) is 22.4. The van der Waals surface area contributed by atoms with Gasteiger partial charge in [-0.25, -0.2) is 4.98 Å². The summed E-state index contributed by atoms with van der Waals surface area (Å²) in [5.41, 5.74) is 6.31. The number of aromatic nitrogens is 2. The van der Waals surface area contributed by atoms with Crippen molar-refractivity contribution in [3.05, 3.63) is 45.4 Å². The predicted octanol–water partition coefficient (Wildman–Crippen LogP) is 2.71. The van der Waals surface area contributed by atoms with Crippen LogP contribution in [0.25, 0.3) is 0 Å². The monoisotopic (exact) mass is 515 g/mol. The number of carbonyl (C=O) groups excluding carboxylic acids is 1. The lowest BCUT2D eigenvalue weighted by Gasteiger charge is -2.12. The summed E-state index contributed by atoms with van der Waals surface area (Å²) in [6, 6.07) is 3.67. The van der Waals surface area contributed by atoms with Gasteiger partial charge in [-0.05, 0) is 68.9 Å². The highest BCUT2D eigenvalue weighted by atomic mass is 79.9. The SMILES string of the molecule is NCCCOc1c(Br)cc(CC(=NO)C(=O)NCCCn2ccnc2)cc1Br. The third-order valence-corrected chi connectivity index (χ3v) is 5.02. The quantitative estimate of drug-likeness (QED) is 0.184. The molecule has 0 bridgehead atoms. The number of nitrogens with one attached hydrogen (secondary N) is 1. The number of oxime groups is 1. The highest BCUT2D eigenvalue weighted by Gasteiger charge is 2.16. The number of imidazole rings is 1. The number of nitrogens with zero attached hydrogens (tertiary/aromatic N) is 3. The van der Waals surface area contributed by atoms with Crippen molar-refractivity contribution >= 4 is 43.5 Å². The molecule has 0 saturated heterocycles.